The summed E-state index contributed by atoms with van der Waals surface area (Å²) in [6.07, 6.45) is 3.88. The Morgan fingerprint density at radius 3 is 2.06 bits per heavy atom. The molecule has 0 unspecified atom stereocenters. The molecule has 0 N–H and O–H groups in total. The predicted molar refractivity (Wildman–Crippen MR) is 143 cm³/mol. The van der Waals surface area contributed by atoms with Crippen LogP contribution in [0.5, 0.6) is 11.5 Å². The summed E-state index contributed by atoms with van der Waals surface area (Å²) in [5.41, 5.74) is 2.04. The summed E-state index contributed by atoms with van der Waals surface area (Å²) in [5.74, 6) is 1.45. The highest BCUT2D eigenvalue weighted by Gasteiger charge is 2.34. The second-order valence-electron chi connectivity index (χ2n) is 6.89. The van der Waals surface area contributed by atoms with Crippen molar-refractivity contribution in [3.8, 4) is 22.6 Å². The van der Waals surface area contributed by atoms with Crippen LogP contribution >= 0.6 is 36.7 Å². The van der Waals surface area contributed by atoms with Gasteiger partial charge >= 0.3 is 8.56 Å². The standard InChI is InChI=1S/C23H25N3O2S3Si/c1-2-3-7-14-27-22-13-8-12-21(20-10-5-4-6-11-20)23(22)28-15-9-16-32(24-17-29,25-18-30)26-19-31/h4-6,8,10-13H,2-3,7,9,14-16H2,1H3. The van der Waals surface area contributed by atoms with E-state index < -0.39 is 8.56 Å². The van der Waals surface area contributed by atoms with Crippen LogP contribution < -0.4 is 9.47 Å². The maximum Gasteiger partial charge on any atom is 0.461 e. The van der Waals surface area contributed by atoms with Crippen LogP contribution in [0, 0.1) is 0 Å². The lowest BCUT2D eigenvalue weighted by Gasteiger charge is -2.18. The van der Waals surface area contributed by atoms with E-state index in [0.717, 1.165) is 41.9 Å². The van der Waals surface area contributed by atoms with Crippen molar-refractivity contribution in [2.75, 3.05) is 13.2 Å². The van der Waals surface area contributed by atoms with E-state index in [4.69, 9.17) is 46.1 Å². The maximum atomic E-state index is 6.24. The van der Waals surface area contributed by atoms with Gasteiger partial charge in [-0.2, -0.15) is 0 Å². The third kappa shape index (κ3) is 7.97. The van der Waals surface area contributed by atoms with Crippen LogP contribution in [0.1, 0.15) is 32.6 Å². The molecule has 0 atom stereocenters. The first kappa shape index (κ1) is 25.9. The van der Waals surface area contributed by atoms with Crippen molar-refractivity contribution in [1.29, 1.82) is 0 Å². The lowest BCUT2D eigenvalue weighted by atomic mass is 10.0. The molecule has 0 aromatic heterocycles. The first-order chi connectivity index (χ1) is 15.7. The van der Waals surface area contributed by atoms with Gasteiger partial charge in [0.05, 0.1) is 28.7 Å². The van der Waals surface area contributed by atoms with Gasteiger partial charge in [0, 0.05) is 11.6 Å². The molecule has 0 saturated carbocycles. The van der Waals surface area contributed by atoms with Crippen molar-refractivity contribution in [3.05, 3.63) is 48.5 Å². The lowest BCUT2D eigenvalue weighted by Crippen LogP contribution is -2.28. The number of isothiocyanates is 3. The maximum absolute atomic E-state index is 6.24. The van der Waals surface area contributed by atoms with Gasteiger partial charge in [0.15, 0.2) is 11.5 Å². The van der Waals surface area contributed by atoms with Gasteiger partial charge in [0.2, 0.25) is 0 Å². The second-order valence-corrected chi connectivity index (χ2v) is 10.2. The monoisotopic (exact) mass is 499 g/mol. The van der Waals surface area contributed by atoms with Gasteiger partial charge < -0.3 is 9.47 Å². The second kappa shape index (κ2) is 14.7. The third-order valence-corrected chi connectivity index (χ3v) is 7.84. The molecule has 5 nitrogen and oxygen atoms in total. The van der Waals surface area contributed by atoms with Crippen molar-refractivity contribution in [1.82, 2.24) is 0 Å². The average molecular weight is 500 g/mol. The van der Waals surface area contributed by atoms with Gasteiger partial charge in [0.1, 0.15) is 0 Å². The molecule has 0 spiro atoms. The smallest absolute Gasteiger partial charge is 0.461 e. The summed E-state index contributed by atoms with van der Waals surface area (Å²) in [4.78, 5) is 0. The van der Waals surface area contributed by atoms with Crippen LogP contribution in [0.4, 0.5) is 0 Å². The fraction of sp³-hybridized carbons (Fsp3) is 0.348. The molecule has 0 aliphatic carbocycles. The topological polar surface area (TPSA) is 55.5 Å². The van der Waals surface area contributed by atoms with E-state index in [1.807, 2.05) is 36.4 Å². The van der Waals surface area contributed by atoms with E-state index in [2.05, 4.69) is 48.5 Å². The molecule has 0 heterocycles. The molecule has 0 saturated heterocycles. The number of para-hydroxylation sites is 1. The minimum atomic E-state index is -2.94. The quantitative estimate of drug-likeness (QED) is 0.122. The number of rotatable bonds is 14. The largest absolute Gasteiger partial charge is 0.490 e. The van der Waals surface area contributed by atoms with E-state index in [9.17, 15) is 0 Å². The van der Waals surface area contributed by atoms with Crippen LogP contribution in [0.25, 0.3) is 11.1 Å². The Labute approximate surface area is 206 Å². The van der Waals surface area contributed by atoms with Crippen LogP contribution in [0.3, 0.4) is 0 Å². The molecule has 0 aliphatic heterocycles. The van der Waals surface area contributed by atoms with Crippen molar-refractivity contribution in [3.63, 3.8) is 0 Å². The molecule has 0 fully saturated rings. The number of hydrogen-bond donors (Lipinski definition) is 0. The molecule has 32 heavy (non-hydrogen) atoms. The third-order valence-electron chi connectivity index (χ3n) is 4.65. The first-order valence-electron chi connectivity index (χ1n) is 10.4. The van der Waals surface area contributed by atoms with Crippen LogP contribution in [0.2, 0.25) is 6.04 Å². The SMILES string of the molecule is CCCCCOc1cccc(-c2ccccc2)c1OCCC[Si](N=C=S)(N=C=S)N=C=S. The first-order valence-corrected chi connectivity index (χ1v) is 13.7. The fourth-order valence-corrected chi connectivity index (χ4v) is 5.96. The molecular formula is C23H25N3O2S3Si. The van der Waals surface area contributed by atoms with Crippen LogP contribution in [-0.4, -0.2) is 37.3 Å². The Bertz CT molecular complexity index is 971. The predicted octanol–water partition coefficient (Wildman–Crippen LogP) is 6.94. The zero-order valence-electron chi connectivity index (χ0n) is 18.0. The average Bonchev–Trinajstić information content (AvgIpc) is 2.81. The summed E-state index contributed by atoms with van der Waals surface area (Å²) in [5, 5.41) is 7.08. The number of unbranched alkanes of at least 4 members (excludes halogenated alkanes) is 2. The number of benzene rings is 2. The fourth-order valence-electron chi connectivity index (χ4n) is 3.10. The van der Waals surface area contributed by atoms with Gasteiger partial charge in [-0.25, -0.2) is 14.0 Å². The minimum Gasteiger partial charge on any atom is -0.490 e. The molecule has 0 aliphatic rings. The molecule has 2 rings (SSSR count). The summed E-state index contributed by atoms with van der Waals surface area (Å²) in [6, 6.07) is 16.6. The molecule has 0 amide bonds. The molecule has 2 aromatic rings. The van der Waals surface area contributed by atoms with Gasteiger partial charge in [-0.05, 0) is 61.1 Å². The molecule has 0 bridgehead atoms. The normalized spacial score (nSPS) is 11.8. The van der Waals surface area contributed by atoms with Crippen molar-refractivity contribution in [2.45, 2.75) is 38.7 Å². The van der Waals surface area contributed by atoms with Crippen LogP contribution in [-0.2, 0) is 0 Å². The number of hydrogen-bond acceptors (Lipinski definition) is 8. The molecular weight excluding hydrogens is 475 g/mol. The van der Waals surface area contributed by atoms with Gasteiger partial charge in [-0.3, -0.25) is 0 Å². The molecule has 9 heteroatoms. The highest BCUT2D eigenvalue weighted by atomic mass is 32.1. The Kier molecular flexibility index (Phi) is 11.9. The molecule has 166 valence electrons. The van der Waals surface area contributed by atoms with Crippen LogP contribution in [0.15, 0.2) is 62.5 Å². The van der Waals surface area contributed by atoms with Crippen molar-refractivity contribution in [2.24, 2.45) is 14.0 Å². The Morgan fingerprint density at radius 1 is 0.781 bits per heavy atom. The minimum absolute atomic E-state index is 0.413. The van der Waals surface area contributed by atoms with E-state index in [1.54, 1.807) is 0 Å². The summed E-state index contributed by atoms with van der Waals surface area (Å²) < 4.78 is 24.8. The van der Waals surface area contributed by atoms with E-state index in [-0.39, 0.29) is 0 Å². The highest BCUT2D eigenvalue weighted by Crippen LogP contribution is 2.38. The Morgan fingerprint density at radius 2 is 1.44 bits per heavy atom. The molecule has 0 radical (unpaired) electrons. The zero-order valence-corrected chi connectivity index (χ0v) is 21.4. The Balaban J connectivity index is 2.21. The van der Waals surface area contributed by atoms with Gasteiger partial charge in [-0.1, -0.05) is 62.2 Å². The number of nitrogens with zero attached hydrogens (tertiary/aromatic N) is 3. The molecule has 2 aromatic carbocycles. The zero-order chi connectivity index (χ0) is 23.1. The highest BCUT2D eigenvalue weighted by molar-refractivity contribution is 7.78. The van der Waals surface area contributed by atoms with Crippen molar-refractivity contribution < 1.29 is 9.47 Å². The summed E-state index contributed by atoms with van der Waals surface area (Å²) >= 11 is 14.3. The lowest BCUT2D eigenvalue weighted by molar-refractivity contribution is 0.264. The van der Waals surface area contributed by atoms with E-state index >= 15 is 0 Å². The summed E-state index contributed by atoms with van der Waals surface area (Å²) in [6.45, 7) is 3.23. The Hall–Kier alpha value is -2.34. The van der Waals surface area contributed by atoms with E-state index in [1.165, 1.54) is 0 Å². The van der Waals surface area contributed by atoms with Gasteiger partial charge in [0.25, 0.3) is 0 Å². The number of ether oxygens (including phenoxy) is 2. The summed E-state index contributed by atoms with van der Waals surface area (Å²) in [7, 11) is -2.94. The van der Waals surface area contributed by atoms with E-state index in [0.29, 0.717) is 25.7 Å². The number of thiocarbonyl (C=S) groups is 3. The van der Waals surface area contributed by atoms with Gasteiger partial charge in [-0.15, -0.1) is 0 Å². The van der Waals surface area contributed by atoms with Crippen molar-refractivity contribution >= 4 is 60.7 Å².